The number of hydrogen-bond donors (Lipinski definition) is 0. The summed E-state index contributed by atoms with van der Waals surface area (Å²) in [6.07, 6.45) is 0. The number of carbonyl (C=O) groups excluding carboxylic acids is 3. The van der Waals surface area contributed by atoms with Gasteiger partial charge in [-0.25, -0.2) is 13.6 Å². The molecule has 2 fully saturated rings. The first kappa shape index (κ1) is 20.8. The smallest absolute Gasteiger partial charge is 0.332 e. The third-order valence-electron chi connectivity index (χ3n) is 5.67. The molecule has 2 heterocycles. The van der Waals surface area contributed by atoms with Crippen molar-refractivity contribution in [2.75, 3.05) is 42.5 Å². The molecular formula is C22H22F2N4O3. The fourth-order valence-corrected chi connectivity index (χ4v) is 3.95. The molecule has 7 nitrogen and oxygen atoms in total. The summed E-state index contributed by atoms with van der Waals surface area (Å²) in [5, 5.41) is 0. The molecule has 2 aliphatic heterocycles. The third-order valence-corrected chi connectivity index (χ3v) is 5.67. The summed E-state index contributed by atoms with van der Waals surface area (Å²) < 4.78 is 27.2. The summed E-state index contributed by atoms with van der Waals surface area (Å²) in [5.41, 5.74) is 0.879. The molecule has 4 rings (SSSR count). The number of nitrogens with zero attached hydrogens (tertiary/aromatic N) is 4. The van der Waals surface area contributed by atoms with Crippen molar-refractivity contribution >= 4 is 29.2 Å². The van der Waals surface area contributed by atoms with Crippen molar-refractivity contribution in [2.24, 2.45) is 0 Å². The first-order valence-corrected chi connectivity index (χ1v) is 10.0. The lowest BCUT2D eigenvalue weighted by Gasteiger charge is -2.36. The Labute approximate surface area is 178 Å². The van der Waals surface area contributed by atoms with Gasteiger partial charge >= 0.3 is 6.03 Å². The quantitative estimate of drug-likeness (QED) is 0.702. The Bertz CT molecular complexity index is 1010. The van der Waals surface area contributed by atoms with Crippen molar-refractivity contribution in [1.29, 1.82) is 0 Å². The Hall–Kier alpha value is -3.49. The van der Waals surface area contributed by atoms with E-state index in [9.17, 15) is 23.2 Å². The zero-order valence-corrected chi connectivity index (χ0v) is 17.0. The van der Waals surface area contributed by atoms with Crippen molar-refractivity contribution in [3.8, 4) is 0 Å². The highest BCUT2D eigenvalue weighted by Crippen LogP contribution is 2.26. The van der Waals surface area contributed by atoms with Crippen LogP contribution < -0.4 is 9.80 Å². The van der Waals surface area contributed by atoms with Crippen molar-refractivity contribution in [2.45, 2.75) is 13.0 Å². The zero-order chi connectivity index (χ0) is 22.1. The van der Waals surface area contributed by atoms with Gasteiger partial charge in [-0.15, -0.1) is 0 Å². The Morgan fingerprint density at radius 1 is 0.968 bits per heavy atom. The Morgan fingerprint density at radius 3 is 2.26 bits per heavy atom. The van der Waals surface area contributed by atoms with E-state index in [0.29, 0.717) is 37.6 Å². The lowest BCUT2D eigenvalue weighted by molar-refractivity contribution is -0.137. The normalized spacial score (nSPS) is 19.4. The number of anilines is 2. The van der Waals surface area contributed by atoms with Crippen LogP contribution in [0.1, 0.15) is 6.92 Å². The number of imide groups is 1. The molecule has 0 saturated carbocycles. The Morgan fingerprint density at radius 2 is 1.61 bits per heavy atom. The Kier molecular flexibility index (Phi) is 5.58. The monoisotopic (exact) mass is 428 g/mol. The number of carbonyl (C=O) groups is 3. The van der Waals surface area contributed by atoms with Crippen LogP contribution in [0.4, 0.5) is 25.0 Å². The average Bonchev–Trinajstić information content (AvgIpc) is 2.98. The number of urea groups is 1. The molecule has 1 atom stereocenters. The van der Waals surface area contributed by atoms with Gasteiger partial charge in [-0.2, -0.15) is 0 Å². The molecule has 162 valence electrons. The van der Waals surface area contributed by atoms with Gasteiger partial charge in [0.25, 0.3) is 5.91 Å². The van der Waals surface area contributed by atoms with E-state index in [4.69, 9.17) is 0 Å². The van der Waals surface area contributed by atoms with Gasteiger partial charge in [0.1, 0.15) is 24.2 Å². The van der Waals surface area contributed by atoms with Gasteiger partial charge in [0.05, 0.1) is 5.69 Å². The fourth-order valence-electron chi connectivity index (χ4n) is 3.95. The predicted molar refractivity (Wildman–Crippen MR) is 111 cm³/mol. The van der Waals surface area contributed by atoms with Crippen LogP contribution >= 0.6 is 0 Å². The minimum Gasteiger partial charge on any atom is -0.366 e. The fraction of sp³-hybridized carbons (Fsp3) is 0.318. The first-order chi connectivity index (χ1) is 14.9. The minimum atomic E-state index is -0.788. The van der Waals surface area contributed by atoms with E-state index in [1.54, 1.807) is 30.0 Å². The largest absolute Gasteiger partial charge is 0.366 e. The average molecular weight is 428 g/mol. The van der Waals surface area contributed by atoms with Crippen LogP contribution in [-0.2, 0) is 9.59 Å². The van der Waals surface area contributed by atoms with Crippen LogP contribution in [0.3, 0.4) is 0 Å². The number of para-hydroxylation sites is 1. The molecule has 0 N–H and O–H groups in total. The van der Waals surface area contributed by atoms with Gasteiger partial charge in [0.15, 0.2) is 0 Å². The second kappa shape index (κ2) is 8.33. The molecule has 1 unspecified atom stereocenters. The van der Waals surface area contributed by atoms with Gasteiger partial charge < -0.3 is 9.80 Å². The number of piperazine rings is 1. The van der Waals surface area contributed by atoms with E-state index < -0.39 is 23.8 Å². The van der Waals surface area contributed by atoms with Crippen LogP contribution in [0.25, 0.3) is 0 Å². The molecule has 9 heteroatoms. The van der Waals surface area contributed by atoms with Crippen LogP contribution in [0.2, 0.25) is 0 Å². The number of amides is 4. The highest BCUT2D eigenvalue weighted by atomic mass is 19.1. The maximum Gasteiger partial charge on any atom is 0.332 e. The van der Waals surface area contributed by atoms with Gasteiger partial charge in [-0.05, 0) is 43.3 Å². The molecule has 0 aliphatic carbocycles. The van der Waals surface area contributed by atoms with Gasteiger partial charge in [-0.1, -0.05) is 12.1 Å². The topological polar surface area (TPSA) is 64.2 Å². The third kappa shape index (κ3) is 3.95. The van der Waals surface area contributed by atoms with E-state index in [0.717, 1.165) is 4.90 Å². The van der Waals surface area contributed by atoms with Crippen LogP contribution in [0.15, 0.2) is 48.5 Å². The lowest BCUT2D eigenvalue weighted by atomic mass is 10.2. The molecule has 2 aliphatic rings. The van der Waals surface area contributed by atoms with Gasteiger partial charge in [0, 0.05) is 31.9 Å². The van der Waals surface area contributed by atoms with E-state index in [-0.39, 0.29) is 18.3 Å². The molecule has 0 bridgehead atoms. The number of halogens is 2. The molecule has 31 heavy (non-hydrogen) atoms. The Balaban J connectivity index is 1.39. The minimum absolute atomic E-state index is 0.314. The molecule has 2 saturated heterocycles. The summed E-state index contributed by atoms with van der Waals surface area (Å²) in [5.74, 6) is -1.59. The maximum atomic E-state index is 14.0. The van der Waals surface area contributed by atoms with Crippen molar-refractivity contribution < 1.29 is 23.2 Å². The van der Waals surface area contributed by atoms with Crippen molar-refractivity contribution in [3.63, 3.8) is 0 Å². The van der Waals surface area contributed by atoms with E-state index in [2.05, 4.69) is 0 Å². The molecule has 0 spiro atoms. The van der Waals surface area contributed by atoms with Crippen molar-refractivity contribution in [3.05, 3.63) is 60.2 Å². The summed E-state index contributed by atoms with van der Waals surface area (Å²) in [6, 6.07) is 10.3. The first-order valence-electron chi connectivity index (χ1n) is 10.0. The molecule has 0 radical (unpaired) electrons. The summed E-state index contributed by atoms with van der Waals surface area (Å²) in [7, 11) is 0. The van der Waals surface area contributed by atoms with Crippen LogP contribution in [0.5, 0.6) is 0 Å². The highest BCUT2D eigenvalue weighted by molar-refractivity contribution is 6.15. The molecule has 4 amide bonds. The highest BCUT2D eigenvalue weighted by Gasteiger charge is 2.44. The number of hydrogen-bond acceptors (Lipinski definition) is 4. The van der Waals surface area contributed by atoms with E-state index in [1.165, 1.54) is 35.2 Å². The SMILES string of the molecule is CC1C(=O)N(CC(=O)N2CCN(c3ccccc3F)CC2)C(=O)N1c1ccc(F)cc1. The molecule has 2 aromatic rings. The second-order valence-electron chi connectivity index (χ2n) is 7.55. The standard InChI is InChI=1S/C22H22F2N4O3/c1-15-21(30)27(22(31)28(15)17-8-6-16(23)7-9-17)14-20(29)26-12-10-25(11-13-26)19-5-3-2-4-18(19)24/h2-9,15H,10-14H2,1H3. The zero-order valence-electron chi connectivity index (χ0n) is 17.0. The molecule has 2 aromatic carbocycles. The van der Waals surface area contributed by atoms with Gasteiger partial charge in [0.2, 0.25) is 5.91 Å². The lowest BCUT2D eigenvalue weighted by Crippen LogP contribution is -2.52. The van der Waals surface area contributed by atoms with Gasteiger partial charge in [-0.3, -0.25) is 19.4 Å². The summed E-state index contributed by atoms with van der Waals surface area (Å²) >= 11 is 0. The number of rotatable bonds is 4. The van der Waals surface area contributed by atoms with E-state index >= 15 is 0 Å². The predicted octanol–water partition coefficient (Wildman–Crippen LogP) is 2.47. The van der Waals surface area contributed by atoms with Crippen LogP contribution in [-0.4, -0.2) is 66.4 Å². The maximum absolute atomic E-state index is 14.0. The van der Waals surface area contributed by atoms with Crippen molar-refractivity contribution in [1.82, 2.24) is 9.80 Å². The summed E-state index contributed by atoms with van der Waals surface area (Å²) in [6.45, 7) is 2.83. The molecular weight excluding hydrogens is 406 g/mol. The van der Waals surface area contributed by atoms with E-state index in [1.807, 2.05) is 4.90 Å². The number of benzene rings is 2. The summed E-state index contributed by atoms with van der Waals surface area (Å²) in [4.78, 5) is 43.8. The molecule has 0 aromatic heterocycles. The van der Waals surface area contributed by atoms with Crippen LogP contribution in [0, 0.1) is 11.6 Å². The second-order valence-corrected chi connectivity index (χ2v) is 7.55.